The molecule has 0 saturated heterocycles. The van der Waals surface area contributed by atoms with E-state index in [1.165, 1.54) is 0 Å². The highest BCUT2D eigenvalue weighted by atomic mass is 35.5. The highest BCUT2D eigenvalue weighted by Gasteiger charge is 2.56. The number of carbonyl (C=O) groups is 1. The van der Waals surface area contributed by atoms with Gasteiger partial charge in [-0.15, -0.1) is 23.2 Å². The Kier molecular flexibility index (Phi) is 2.81. The number of hydrogen-bond acceptors (Lipinski definition) is 2. The number of hydrogen-bond donors (Lipinski definition) is 2. The standard InChI is InChI=1S/C8H13Cl2NO2/c1-7(2,13)4-11-6(12)5-3-8(5,9)10/h5,13H,3-4H2,1-2H3,(H,11,12). The molecule has 1 rings (SSSR count). The minimum Gasteiger partial charge on any atom is -0.389 e. The van der Waals surface area contributed by atoms with Crippen LogP contribution in [-0.2, 0) is 4.79 Å². The third kappa shape index (κ3) is 3.33. The van der Waals surface area contributed by atoms with Crippen molar-refractivity contribution in [1.82, 2.24) is 5.32 Å². The van der Waals surface area contributed by atoms with E-state index in [4.69, 9.17) is 23.2 Å². The number of amides is 1. The zero-order chi connectivity index (χ0) is 10.3. The smallest absolute Gasteiger partial charge is 0.226 e. The zero-order valence-corrected chi connectivity index (χ0v) is 9.11. The molecule has 0 spiro atoms. The van der Waals surface area contributed by atoms with E-state index in [1.807, 2.05) is 0 Å². The summed E-state index contributed by atoms with van der Waals surface area (Å²) in [5, 5.41) is 11.9. The topological polar surface area (TPSA) is 49.3 Å². The van der Waals surface area contributed by atoms with Crippen molar-refractivity contribution in [1.29, 1.82) is 0 Å². The molecule has 0 bridgehead atoms. The number of carbonyl (C=O) groups excluding carboxylic acids is 1. The molecular formula is C8H13Cl2NO2. The van der Waals surface area contributed by atoms with Gasteiger partial charge in [-0.25, -0.2) is 0 Å². The number of alkyl halides is 2. The second kappa shape index (κ2) is 3.30. The lowest BCUT2D eigenvalue weighted by molar-refractivity contribution is -0.123. The van der Waals surface area contributed by atoms with Crippen molar-refractivity contribution in [2.75, 3.05) is 6.54 Å². The molecule has 1 aliphatic rings. The van der Waals surface area contributed by atoms with Gasteiger partial charge in [-0.3, -0.25) is 4.79 Å². The maximum absolute atomic E-state index is 11.3. The lowest BCUT2D eigenvalue weighted by Crippen LogP contribution is -2.39. The molecule has 5 heteroatoms. The number of halogens is 2. The Labute approximate surface area is 87.4 Å². The summed E-state index contributed by atoms with van der Waals surface area (Å²) in [5.41, 5.74) is -0.897. The minimum absolute atomic E-state index is 0.188. The number of aliphatic hydroxyl groups is 1. The Bertz CT molecular complexity index is 223. The summed E-state index contributed by atoms with van der Waals surface area (Å²) >= 11 is 11.4. The molecule has 0 aromatic rings. The third-order valence-electron chi connectivity index (χ3n) is 1.84. The van der Waals surface area contributed by atoms with Crippen molar-refractivity contribution < 1.29 is 9.90 Å². The second-order valence-electron chi connectivity index (χ2n) is 4.05. The van der Waals surface area contributed by atoms with Gasteiger partial charge in [-0.1, -0.05) is 0 Å². The highest BCUT2D eigenvalue weighted by molar-refractivity contribution is 6.52. The summed E-state index contributed by atoms with van der Waals surface area (Å²) in [7, 11) is 0. The SMILES string of the molecule is CC(C)(O)CNC(=O)C1CC1(Cl)Cl. The Morgan fingerprint density at radius 1 is 1.69 bits per heavy atom. The largest absolute Gasteiger partial charge is 0.389 e. The molecule has 1 fully saturated rings. The van der Waals surface area contributed by atoms with Gasteiger partial charge in [0.25, 0.3) is 0 Å². The molecule has 0 radical (unpaired) electrons. The molecule has 0 aromatic carbocycles. The predicted octanol–water partition coefficient (Wildman–Crippen LogP) is 1.07. The van der Waals surface area contributed by atoms with Crippen molar-refractivity contribution in [3.63, 3.8) is 0 Å². The average Bonchev–Trinajstić information content (AvgIpc) is 2.53. The van der Waals surface area contributed by atoms with Crippen LogP contribution in [0.1, 0.15) is 20.3 Å². The highest BCUT2D eigenvalue weighted by Crippen LogP contribution is 2.53. The quantitative estimate of drug-likeness (QED) is 0.707. The van der Waals surface area contributed by atoms with E-state index in [2.05, 4.69) is 5.32 Å². The van der Waals surface area contributed by atoms with Crippen molar-refractivity contribution in [3.8, 4) is 0 Å². The monoisotopic (exact) mass is 225 g/mol. The Morgan fingerprint density at radius 3 is 2.46 bits per heavy atom. The first kappa shape index (κ1) is 11.1. The van der Waals surface area contributed by atoms with Gasteiger partial charge in [-0.2, -0.15) is 0 Å². The molecule has 1 atom stereocenters. The van der Waals surface area contributed by atoms with Crippen LogP contribution < -0.4 is 5.32 Å². The summed E-state index contributed by atoms with van der Waals surface area (Å²) in [6.45, 7) is 3.45. The van der Waals surface area contributed by atoms with E-state index in [-0.39, 0.29) is 18.4 Å². The van der Waals surface area contributed by atoms with Crippen LogP contribution in [0.4, 0.5) is 0 Å². The van der Waals surface area contributed by atoms with Crippen LogP contribution in [0.5, 0.6) is 0 Å². The second-order valence-corrected chi connectivity index (χ2v) is 5.59. The van der Waals surface area contributed by atoms with Crippen LogP contribution >= 0.6 is 23.2 Å². The summed E-state index contributed by atoms with van der Waals surface area (Å²) in [5.74, 6) is -0.509. The lowest BCUT2D eigenvalue weighted by atomic mass is 10.1. The Balaban J connectivity index is 2.29. The van der Waals surface area contributed by atoms with Crippen molar-refractivity contribution >= 4 is 29.1 Å². The molecule has 76 valence electrons. The zero-order valence-electron chi connectivity index (χ0n) is 7.60. The van der Waals surface area contributed by atoms with Crippen LogP contribution in [0.25, 0.3) is 0 Å². The first-order valence-corrected chi connectivity index (χ1v) is 4.86. The van der Waals surface area contributed by atoms with Crippen molar-refractivity contribution in [2.45, 2.75) is 30.2 Å². The average molecular weight is 226 g/mol. The molecular weight excluding hydrogens is 213 g/mol. The van der Waals surface area contributed by atoms with E-state index in [0.717, 1.165) is 0 Å². The van der Waals surface area contributed by atoms with Crippen LogP contribution in [-0.4, -0.2) is 27.5 Å². The Morgan fingerprint density at radius 2 is 2.15 bits per heavy atom. The molecule has 1 amide bonds. The first-order valence-electron chi connectivity index (χ1n) is 4.10. The molecule has 3 nitrogen and oxygen atoms in total. The van der Waals surface area contributed by atoms with E-state index in [0.29, 0.717) is 6.42 Å². The molecule has 1 aliphatic carbocycles. The fourth-order valence-electron chi connectivity index (χ4n) is 0.924. The van der Waals surface area contributed by atoms with Gasteiger partial charge in [0.1, 0.15) is 4.33 Å². The maximum atomic E-state index is 11.3. The van der Waals surface area contributed by atoms with Crippen molar-refractivity contribution in [2.24, 2.45) is 5.92 Å². The van der Waals surface area contributed by atoms with Gasteiger partial charge in [0.15, 0.2) is 0 Å². The third-order valence-corrected chi connectivity index (χ3v) is 2.67. The first-order chi connectivity index (χ1) is 5.72. The maximum Gasteiger partial charge on any atom is 0.226 e. The fourth-order valence-corrected chi connectivity index (χ4v) is 1.43. The fraction of sp³-hybridized carbons (Fsp3) is 0.875. The molecule has 0 heterocycles. The van der Waals surface area contributed by atoms with E-state index in [9.17, 15) is 9.90 Å². The molecule has 2 N–H and O–H groups in total. The number of rotatable bonds is 3. The summed E-state index contributed by atoms with van der Waals surface area (Å²) in [6, 6.07) is 0. The van der Waals surface area contributed by atoms with Crippen LogP contribution in [0.2, 0.25) is 0 Å². The van der Waals surface area contributed by atoms with E-state index >= 15 is 0 Å². The van der Waals surface area contributed by atoms with Crippen molar-refractivity contribution in [3.05, 3.63) is 0 Å². The summed E-state index contributed by atoms with van der Waals surface area (Å²) < 4.78 is -0.885. The Hall–Kier alpha value is 0.01000. The molecule has 0 aromatic heterocycles. The van der Waals surface area contributed by atoms with Crippen LogP contribution in [0, 0.1) is 5.92 Å². The normalized spacial score (nSPS) is 25.5. The van der Waals surface area contributed by atoms with Gasteiger partial charge >= 0.3 is 0 Å². The van der Waals surface area contributed by atoms with Gasteiger partial charge in [0.05, 0.1) is 11.5 Å². The number of nitrogens with one attached hydrogen (secondary N) is 1. The molecule has 13 heavy (non-hydrogen) atoms. The molecule has 1 unspecified atom stereocenters. The minimum atomic E-state index is -0.897. The molecule has 1 saturated carbocycles. The van der Waals surface area contributed by atoms with E-state index < -0.39 is 9.93 Å². The lowest BCUT2D eigenvalue weighted by Gasteiger charge is -2.17. The van der Waals surface area contributed by atoms with Gasteiger partial charge in [-0.05, 0) is 20.3 Å². The van der Waals surface area contributed by atoms with Gasteiger partial charge in [0.2, 0.25) is 5.91 Å². The van der Waals surface area contributed by atoms with Crippen LogP contribution in [0.15, 0.2) is 0 Å². The van der Waals surface area contributed by atoms with Gasteiger partial charge < -0.3 is 10.4 Å². The summed E-state index contributed by atoms with van der Waals surface area (Å²) in [4.78, 5) is 11.3. The van der Waals surface area contributed by atoms with E-state index in [1.54, 1.807) is 13.8 Å². The van der Waals surface area contributed by atoms with Gasteiger partial charge in [0, 0.05) is 6.54 Å². The van der Waals surface area contributed by atoms with Crippen LogP contribution in [0.3, 0.4) is 0 Å². The molecule has 0 aliphatic heterocycles. The predicted molar refractivity (Wildman–Crippen MR) is 51.9 cm³/mol. The summed E-state index contributed by atoms with van der Waals surface area (Å²) in [6.07, 6.45) is 0.494.